The Labute approximate surface area is 169 Å². The number of carbonyl (C=O) groups excluding carboxylic acids is 2. The van der Waals surface area contributed by atoms with Gasteiger partial charge in [0.05, 0.1) is 12.1 Å². The Balaban J connectivity index is 1.14. The fourth-order valence-electron chi connectivity index (χ4n) is 5.38. The summed E-state index contributed by atoms with van der Waals surface area (Å²) >= 11 is -1.04. The molecule has 6 heteroatoms. The van der Waals surface area contributed by atoms with Gasteiger partial charge in [-0.05, 0) is 61.2 Å². The van der Waals surface area contributed by atoms with Crippen molar-refractivity contribution in [1.82, 2.24) is 9.80 Å². The highest BCUT2D eigenvalue weighted by atomic mass is 32.2. The standard InChI is InChI=1S/C22H28N2O3S/c25-21(14-28(27)18-8-4-5-9-18)23-12-16-10-17(13-23)24(16)22(26)20-11-19(20)15-6-2-1-3-7-15/h1-3,6-7,16-20H,4-5,8-14H2/t16?,17?,19-,20+,28?/m1/s1. The first-order chi connectivity index (χ1) is 13.6. The Kier molecular flexibility index (Phi) is 4.87. The number of piperidine rings is 1. The van der Waals surface area contributed by atoms with Crippen molar-refractivity contribution in [2.75, 3.05) is 18.8 Å². The van der Waals surface area contributed by atoms with Crippen molar-refractivity contribution in [2.45, 2.75) is 61.8 Å². The molecule has 0 radical (unpaired) electrons. The third-order valence-corrected chi connectivity index (χ3v) is 8.82. The normalized spacial score (nSPS) is 32.8. The van der Waals surface area contributed by atoms with E-state index in [1.807, 2.05) is 28.0 Å². The largest absolute Gasteiger partial charge is 0.616 e. The van der Waals surface area contributed by atoms with Gasteiger partial charge in [-0.15, -0.1) is 0 Å². The summed E-state index contributed by atoms with van der Waals surface area (Å²) in [5.74, 6) is 0.931. The Bertz CT molecular complexity index is 739. The van der Waals surface area contributed by atoms with Gasteiger partial charge >= 0.3 is 0 Å². The van der Waals surface area contributed by atoms with Gasteiger partial charge in [0.25, 0.3) is 5.91 Å². The van der Waals surface area contributed by atoms with Gasteiger partial charge in [-0.2, -0.15) is 0 Å². The van der Waals surface area contributed by atoms with Crippen LogP contribution in [0.4, 0.5) is 0 Å². The lowest BCUT2D eigenvalue weighted by Gasteiger charge is -2.56. The monoisotopic (exact) mass is 400 g/mol. The second-order valence-electron chi connectivity index (χ2n) is 8.88. The van der Waals surface area contributed by atoms with Crippen LogP contribution in [0, 0.1) is 5.92 Å². The molecule has 0 N–H and O–H groups in total. The minimum atomic E-state index is -1.04. The highest BCUT2D eigenvalue weighted by Crippen LogP contribution is 2.50. The smallest absolute Gasteiger partial charge is 0.272 e. The van der Waals surface area contributed by atoms with Crippen molar-refractivity contribution >= 4 is 23.0 Å². The number of piperazine rings is 1. The molecule has 6 rings (SSSR count). The summed E-state index contributed by atoms with van der Waals surface area (Å²) in [6.07, 6.45) is 6.22. The zero-order chi connectivity index (χ0) is 19.3. The van der Waals surface area contributed by atoms with Crippen LogP contribution in [0.25, 0.3) is 0 Å². The molecule has 3 unspecified atom stereocenters. The predicted molar refractivity (Wildman–Crippen MR) is 108 cm³/mol. The van der Waals surface area contributed by atoms with Crippen LogP contribution in [0.1, 0.15) is 50.0 Å². The first-order valence-corrected chi connectivity index (χ1v) is 12.0. The van der Waals surface area contributed by atoms with Gasteiger partial charge in [-0.1, -0.05) is 30.3 Å². The Morgan fingerprint density at radius 3 is 2.39 bits per heavy atom. The van der Waals surface area contributed by atoms with E-state index in [1.165, 1.54) is 5.56 Å². The third kappa shape index (κ3) is 3.35. The molecule has 5 atom stereocenters. The number of hydrogen-bond donors (Lipinski definition) is 0. The molecule has 150 valence electrons. The van der Waals surface area contributed by atoms with Crippen LogP contribution in [-0.4, -0.2) is 62.3 Å². The zero-order valence-corrected chi connectivity index (χ0v) is 17.0. The molecular formula is C22H28N2O3S. The average Bonchev–Trinajstić information content (AvgIpc) is 3.33. The number of amides is 2. The molecule has 1 aromatic rings. The summed E-state index contributed by atoms with van der Waals surface area (Å²) in [5.41, 5.74) is 1.26. The molecule has 2 saturated carbocycles. The first-order valence-electron chi connectivity index (χ1n) is 10.6. The minimum absolute atomic E-state index is 0.0145. The minimum Gasteiger partial charge on any atom is -0.616 e. The molecule has 3 aliphatic heterocycles. The lowest BCUT2D eigenvalue weighted by molar-refractivity contribution is -0.161. The Morgan fingerprint density at radius 2 is 1.71 bits per heavy atom. The van der Waals surface area contributed by atoms with Crippen molar-refractivity contribution < 1.29 is 14.1 Å². The molecule has 0 aromatic heterocycles. The molecule has 2 aliphatic carbocycles. The van der Waals surface area contributed by atoms with Crippen molar-refractivity contribution in [3.05, 3.63) is 35.9 Å². The topological polar surface area (TPSA) is 63.7 Å². The predicted octanol–water partition coefficient (Wildman–Crippen LogP) is 2.29. The Hall–Kier alpha value is -1.53. The summed E-state index contributed by atoms with van der Waals surface area (Å²) in [7, 11) is 0. The molecule has 5 aliphatic rings. The van der Waals surface area contributed by atoms with E-state index in [4.69, 9.17) is 0 Å². The number of carbonyl (C=O) groups is 2. The molecule has 28 heavy (non-hydrogen) atoms. The van der Waals surface area contributed by atoms with Gasteiger partial charge in [0.2, 0.25) is 5.91 Å². The lowest BCUT2D eigenvalue weighted by atomic mass is 9.86. The van der Waals surface area contributed by atoms with E-state index < -0.39 is 11.2 Å². The van der Waals surface area contributed by atoms with Gasteiger partial charge in [-0.3, -0.25) is 9.59 Å². The quantitative estimate of drug-likeness (QED) is 0.713. The van der Waals surface area contributed by atoms with Crippen molar-refractivity contribution in [3.63, 3.8) is 0 Å². The van der Waals surface area contributed by atoms with Crippen LogP contribution in [0.3, 0.4) is 0 Å². The first kappa shape index (κ1) is 18.5. The molecule has 3 heterocycles. The molecule has 5 nitrogen and oxygen atoms in total. The van der Waals surface area contributed by atoms with E-state index in [1.54, 1.807) is 0 Å². The fourth-order valence-corrected chi connectivity index (χ4v) is 6.90. The van der Waals surface area contributed by atoms with Crippen LogP contribution >= 0.6 is 0 Å². The number of nitrogens with zero attached hydrogens (tertiary/aromatic N) is 2. The van der Waals surface area contributed by atoms with Gasteiger partial charge in [0.15, 0.2) is 5.75 Å². The lowest BCUT2D eigenvalue weighted by Crippen LogP contribution is -2.71. The van der Waals surface area contributed by atoms with Crippen LogP contribution in [0.2, 0.25) is 0 Å². The van der Waals surface area contributed by atoms with Crippen LogP contribution in [0.15, 0.2) is 30.3 Å². The molecule has 1 aromatic carbocycles. The van der Waals surface area contributed by atoms with E-state index in [0.29, 0.717) is 19.0 Å². The maximum Gasteiger partial charge on any atom is 0.272 e. The maximum atomic E-state index is 13.0. The number of benzene rings is 1. The summed E-state index contributed by atoms with van der Waals surface area (Å²) in [5, 5.41) is 0.214. The molecule has 2 amide bonds. The van der Waals surface area contributed by atoms with E-state index in [-0.39, 0.29) is 40.8 Å². The van der Waals surface area contributed by atoms with Gasteiger partial charge in [-0.25, -0.2) is 0 Å². The van der Waals surface area contributed by atoms with E-state index in [2.05, 4.69) is 12.1 Å². The molecule has 0 spiro atoms. The third-order valence-electron chi connectivity index (χ3n) is 7.08. The number of rotatable bonds is 5. The van der Waals surface area contributed by atoms with E-state index >= 15 is 0 Å². The van der Waals surface area contributed by atoms with Crippen LogP contribution in [0.5, 0.6) is 0 Å². The molecular weight excluding hydrogens is 372 g/mol. The molecule has 2 bridgehead atoms. The van der Waals surface area contributed by atoms with Gasteiger partial charge in [0, 0.05) is 19.0 Å². The van der Waals surface area contributed by atoms with E-state index in [9.17, 15) is 14.1 Å². The van der Waals surface area contributed by atoms with Gasteiger partial charge in [0.1, 0.15) is 5.25 Å². The second-order valence-corrected chi connectivity index (χ2v) is 10.6. The maximum absolute atomic E-state index is 13.0. The molecule has 3 saturated heterocycles. The van der Waals surface area contributed by atoms with E-state index in [0.717, 1.165) is 38.5 Å². The summed E-state index contributed by atoms with van der Waals surface area (Å²) in [6, 6.07) is 10.6. The fraction of sp³-hybridized carbons (Fsp3) is 0.636. The highest BCUT2D eigenvalue weighted by Gasteiger charge is 2.54. The second kappa shape index (κ2) is 7.38. The summed E-state index contributed by atoms with van der Waals surface area (Å²) in [4.78, 5) is 29.5. The van der Waals surface area contributed by atoms with Crippen molar-refractivity contribution in [3.8, 4) is 0 Å². The van der Waals surface area contributed by atoms with Crippen LogP contribution < -0.4 is 0 Å². The van der Waals surface area contributed by atoms with Crippen molar-refractivity contribution in [1.29, 1.82) is 0 Å². The summed E-state index contributed by atoms with van der Waals surface area (Å²) < 4.78 is 12.4. The Morgan fingerprint density at radius 1 is 1.04 bits per heavy atom. The number of fused-ring (bicyclic) bond motifs is 2. The average molecular weight is 401 g/mol. The molecule has 5 fully saturated rings. The van der Waals surface area contributed by atoms with Gasteiger partial charge < -0.3 is 14.4 Å². The number of hydrogen-bond acceptors (Lipinski definition) is 3. The highest BCUT2D eigenvalue weighted by molar-refractivity contribution is 7.92. The zero-order valence-electron chi connectivity index (χ0n) is 16.2. The van der Waals surface area contributed by atoms with Crippen molar-refractivity contribution in [2.24, 2.45) is 5.92 Å². The summed E-state index contributed by atoms with van der Waals surface area (Å²) in [6.45, 7) is 1.23. The SMILES string of the molecule is O=C(C[S+]([O-])C1CCCC1)N1CC2CC(C1)N2C(=O)[C@H]1C[C@@H]1c1ccccc1. The van der Waals surface area contributed by atoms with Crippen LogP contribution in [-0.2, 0) is 20.8 Å².